The first kappa shape index (κ1) is 41.5. The molecule has 0 aliphatic rings. The van der Waals surface area contributed by atoms with Crippen molar-refractivity contribution in [1.82, 2.24) is 0 Å². The van der Waals surface area contributed by atoms with Gasteiger partial charge >= 0.3 is 75.4 Å². The standard InChI is InChI=1S/BO3.ClH.4Li/c2-1(3)4;;;;;/h;1H;;;;/q-3;;4*+1/p-1. The summed E-state index contributed by atoms with van der Waals surface area (Å²) in [5.41, 5.74) is 0. The zero-order chi connectivity index (χ0) is 3.58. The van der Waals surface area contributed by atoms with Crippen molar-refractivity contribution in [3.63, 3.8) is 0 Å². The second-order valence-corrected chi connectivity index (χ2v) is 0.289. The summed E-state index contributed by atoms with van der Waals surface area (Å²) in [6, 6.07) is 0. The molecule has 0 radical (unpaired) electrons. The second kappa shape index (κ2) is 31.1. The first-order valence-corrected chi connectivity index (χ1v) is 0.707. The number of rotatable bonds is 0. The van der Waals surface area contributed by atoms with Crippen LogP contribution in [0.25, 0.3) is 0 Å². The Morgan fingerprint density at radius 2 is 0.667 bits per heavy atom. The maximum absolute atomic E-state index is 8.42. The zero-order valence-electron chi connectivity index (χ0n) is 6.18. The Hall–Kier alpha value is 2.62. The van der Waals surface area contributed by atoms with Gasteiger partial charge in [0.15, 0.2) is 0 Å². The van der Waals surface area contributed by atoms with Crippen LogP contribution in [0.15, 0.2) is 0 Å². The fraction of sp³-hybridized carbons (Fsp3) is 0. The summed E-state index contributed by atoms with van der Waals surface area (Å²) in [7, 11) is -2.92. The molecule has 0 aromatic rings. The molecule has 0 saturated carbocycles. The van der Waals surface area contributed by atoms with Crippen LogP contribution in [0, 0.1) is 0 Å². The monoisotopic (exact) mass is 122 g/mol. The van der Waals surface area contributed by atoms with Gasteiger partial charge in [-0.2, -0.15) is 0 Å². The largest absolute Gasteiger partial charge is 1.00 e. The Morgan fingerprint density at radius 1 is 0.667 bits per heavy atom. The van der Waals surface area contributed by atoms with Crippen LogP contribution in [-0.4, -0.2) is 7.32 Å². The molecular weight excluding hydrogens is 122 g/mol. The zero-order valence-corrected chi connectivity index (χ0v) is 6.94. The molecule has 0 amide bonds. The van der Waals surface area contributed by atoms with Crippen LogP contribution in [0.2, 0.25) is 0 Å². The Morgan fingerprint density at radius 3 is 0.667 bits per heavy atom. The fourth-order valence-electron chi connectivity index (χ4n) is 0. The van der Waals surface area contributed by atoms with Gasteiger partial charge in [0.05, 0.1) is 0 Å². The number of halogens is 1. The molecule has 0 heterocycles. The minimum Gasteiger partial charge on any atom is -1.00 e. The van der Waals surface area contributed by atoms with Gasteiger partial charge < -0.3 is 27.5 Å². The Bertz CT molecular complexity index is 20.5. The van der Waals surface area contributed by atoms with Crippen LogP contribution in [0.3, 0.4) is 0 Å². The summed E-state index contributed by atoms with van der Waals surface area (Å²) in [6.45, 7) is 0. The van der Waals surface area contributed by atoms with E-state index in [2.05, 4.69) is 0 Å². The maximum Gasteiger partial charge on any atom is 1.00 e. The molecule has 0 aliphatic heterocycles. The molecule has 0 fully saturated rings. The predicted molar refractivity (Wildman–Crippen MR) is 5.75 cm³/mol. The Labute approximate surface area is 109 Å². The molecule has 0 atom stereocenters. The SMILES string of the molecule is [Cl-].[Li+].[Li+].[Li+].[Li+].[O-]B([O-])[O-]. The van der Waals surface area contributed by atoms with Gasteiger partial charge in [-0.25, -0.2) is 0 Å². The molecule has 0 N–H and O–H groups in total. The van der Waals surface area contributed by atoms with Crippen molar-refractivity contribution >= 4 is 7.32 Å². The third-order valence-electron chi connectivity index (χ3n) is 0. The van der Waals surface area contributed by atoms with Gasteiger partial charge in [0, 0.05) is 0 Å². The van der Waals surface area contributed by atoms with Crippen molar-refractivity contribution in [2.75, 3.05) is 0 Å². The van der Waals surface area contributed by atoms with E-state index in [0.717, 1.165) is 0 Å². The van der Waals surface area contributed by atoms with Crippen molar-refractivity contribution in [3.8, 4) is 0 Å². The molecule has 0 aromatic carbocycles. The average molecular weight is 122 g/mol. The van der Waals surface area contributed by atoms with E-state index >= 15 is 0 Å². The molecule has 0 spiro atoms. The summed E-state index contributed by atoms with van der Waals surface area (Å²) < 4.78 is 0. The van der Waals surface area contributed by atoms with Crippen molar-refractivity contribution in [3.05, 3.63) is 0 Å². The first-order valence-electron chi connectivity index (χ1n) is 0.707. The van der Waals surface area contributed by atoms with E-state index in [0.29, 0.717) is 0 Å². The van der Waals surface area contributed by atoms with E-state index in [1.807, 2.05) is 0 Å². The van der Waals surface area contributed by atoms with Crippen LogP contribution in [0.5, 0.6) is 0 Å². The van der Waals surface area contributed by atoms with Gasteiger partial charge in [-0.15, -0.1) is 0 Å². The molecule has 32 valence electrons. The molecule has 0 aliphatic carbocycles. The maximum atomic E-state index is 8.42. The molecule has 9 heteroatoms. The molecule has 0 rings (SSSR count). The molecule has 3 nitrogen and oxygen atoms in total. The Kier molecular flexibility index (Phi) is 143. The van der Waals surface area contributed by atoms with E-state index in [-0.39, 0.29) is 87.8 Å². The van der Waals surface area contributed by atoms with Gasteiger partial charge in [0.2, 0.25) is 0 Å². The number of hydrogen-bond donors (Lipinski definition) is 0. The smallest absolute Gasteiger partial charge is 1.00 e. The van der Waals surface area contributed by atoms with E-state index in [1.165, 1.54) is 0 Å². The van der Waals surface area contributed by atoms with Crippen molar-refractivity contribution < 1.29 is 103 Å². The predicted octanol–water partition coefficient (Wildman–Crippen LogP) is -18.9. The minimum absolute atomic E-state index is 0. The summed E-state index contributed by atoms with van der Waals surface area (Å²) in [4.78, 5) is 0. The van der Waals surface area contributed by atoms with Gasteiger partial charge in [-0.3, -0.25) is 7.32 Å². The molecular formula is BClLi4O3. The van der Waals surface area contributed by atoms with Gasteiger partial charge in [-0.1, -0.05) is 0 Å². The Balaban J connectivity index is -0.00000000450. The minimum atomic E-state index is -2.92. The van der Waals surface area contributed by atoms with Gasteiger partial charge in [-0.05, 0) is 0 Å². The van der Waals surface area contributed by atoms with E-state index in [1.54, 1.807) is 0 Å². The van der Waals surface area contributed by atoms with Crippen LogP contribution < -0.4 is 103 Å². The van der Waals surface area contributed by atoms with E-state index in [4.69, 9.17) is 15.1 Å². The first-order chi connectivity index (χ1) is 1.73. The van der Waals surface area contributed by atoms with Crippen LogP contribution >= 0.6 is 0 Å². The third-order valence-corrected chi connectivity index (χ3v) is 0. The molecule has 0 aromatic heterocycles. The molecule has 9 heavy (non-hydrogen) atoms. The quantitative estimate of drug-likeness (QED) is 0.299. The fourth-order valence-corrected chi connectivity index (χ4v) is 0. The summed E-state index contributed by atoms with van der Waals surface area (Å²) in [6.07, 6.45) is 0. The summed E-state index contributed by atoms with van der Waals surface area (Å²) >= 11 is 0. The van der Waals surface area contributed by atoms with Crippen molar-refractivity contribution in [1.29, 1.82) is 0 Å². The van der Waals surface area contributed by atoms with Gasteiger partial charge in [0.25, 0.3) is 0 Å². The van der Waals surface area contributed by atoms with Crippen LogP contribution in [0.1, 0.15) is 0 Å². The average Bonchev–Trinajstić information content (AvgIpc) is 0.811. The second-order valence-electron chi connectivity index (χ2n) is 0.289. The summed E-state index contributed by atoms with van der Waals surface area (Å²) in [5, 5.41) is 25.2. The molecule has 0 bridgehead atoms. The van der Waals surface area contributed by atoms with E-state index in [9.17, 15) is 0 Å². The normalized spacial score (nSPS) is 3.00. The number of hydrogen-bond acceptors (Lipinski definition) is 3. The molecule has 0 saturated heterocycles. The molecule has 0 unspecified atom stereocenters. The van der Waals surface area contributed by atoms with Gasteiger partial charge in [0.1, 0.15) is 0 Å². The van der Waals surface area contributed by atoms with E-state index < -0.39 is 7.32 Å². The topological polar surface area (TPSA) is 69.2 Å². The summed E-state index contributed by atoms with van der Waals surface area (Å²) in [5.74, 6) is 0. The van der Waals surface area contributed by atoms with Crippen molar-refractivity contribution in [2.45, 2.75) is 0 Å². The van der Waals surface area contributed by atoms with Crippen molar-refractivity contribution in [2.24, 2.45) is 0 Å². The third kappa shape index (κ3) is 115. The van der Waals surface area contributed by atoms with Crippen LogP contribution in [-0.2, 0) is 0 Å². The van der Waals surface area contributed by atoms with Crippen LogP contribution in [0.4, 0.5) is 0 Å².